The van der Waals surface area contributed by atoms with Crippen molar-refractivity contribution in [2.75, 3.05) is 6.54 Å². The number of hydrogen-bond acceptors (Lipinski definition) is 3. The second kappa shape index (κ2) is 4.83. The third-order valence-corrected chi connectivity index (χ3v) is 1.53. The van der Waals surface area contributed by atoms with E-state index in [0.29, 0.717) is 5.92 Å². The summed E-state index contributed by atoms with van der Waals surface area (Å²) in [5.74, 6) is 0.694. The van der Waals surface area contributed by atoms with E-state index in [1.165, 1.54) is 5.56 Å². The van der Waals surface area contributed by atoms with Gasteiger partial charge in [-0.25, -0.2) is 0 Å². The first-order valence-electron chi connectivity index (χ1n) is 4.25. The first-order valence-corrected chi connectivity index (χ1v) is 4.25. The molecule has 0 spiro atoms. The van der Waals surface area contributed by atoms with Crippen molar-refractivity contribution in [1.29, 1.82) is 0 Å². The lowest BCUT2D eigenvalue weighted by molar-refractivity contribution is 0.551. The third-order valence-electron chi connectivity index (χ3n) is 1.53. The molecule has 3 heteroatoms. The van der Waals surface area contributed by atoms with Gasteiger partial charge < -0.3 is 5.32 Å². The van der Waals surface area contributed by atoms with Gasteiger partial charge in [-0.3, -0.25) is 0 Å². The maximum atomic E-state index is 3.79. The average Bonchev–Trinajstić information content (AvgIpc) is 2.05. The van der Waals surface area contributed by atoms with Gasteiger partial charge in [-0.1, -0.05) is 13.8 Å². The molecule has 0 saturated heterocycles. The molecule has 0 fully saturated rings. The fourth-order valence-electron chi connectivity index (χ4n) is 0.928. The Kier molecular flexibility index (Phi) is 3.67. The number of nitrogens with one attached hydrogen (secondary N) is 1. The van der Waals surface area contributed by atoms with Crippen LogP contribution in [0.3, 0.4) is 0 Å². The molecule has 0 atom stereocenters. The lowest BCUT2D eigenvalue weighted by Crippen LogP contribution is -2.18. The van der Waals surface area contributed by atoms with Crippen LogP contribution in [-0.2, 0) is 6.54 Å². The fourth-order valence-corrected chi connectivity index (χ4v) is 0.928. The van der Waals surface area contributed by atoms with Crippen LogP contribution < -0.4 is 5.32 Å². The van der Waals surface area contributed by atoms with E-state index >= 15 is 0 Å². The zero-order valence-electron chi connectivity index (χ0n) is 7.62. The highest BCUT2D eigenvalue weighted by Crippen LogP contribution is 1.94. The zero-order valence-corrected chi connectivity index (χ0v) is 7.62. The van der Waals surface area contributed by atoms with Crippen molar-refractivity contribution in [3.8, 4) is 0 Å². The smallest absolute Gasteiger partial charge is 0.0541 e. The van der Waals surface area contributed by atoms with Crippen LogP contribution in [0.5, 0.6) is 0 Å². The normalized spacial score (nSPS) is 10.6. The summed E-state index contributed by atoms with van der Waals surface area (Å²) >= 11 is 0. The minimum atomic E-state index is 0.694. The van der Waals surface area contributed by atoms with Crippen LogP contribution in [0.4, 0.5) is 0 Å². The molecule has 0 aliphatic rings. The molecule has 1 heterocycles. The van der Waals surface area contributed by atoms with Gasteiger partial charge >= 0.3 is 0 Å². The maximum Gasteiger partial charge on any atom is 0.0541 e. The second-order valence-electron chi connectivity index (χ2n) is 3.28. The van der Waals surface area contributed by atoms with Crippen LogP contribution in [-0.4, -0.2) is 16.7 Å². The van der Waals surface area contributed by atoms with Crippen LogP contribution in [0.25, 0.3) is 0 Å². The molecule has 1 aromatic heterocycles. The summed E-state index contributed by atoms with van der Waals surface area (Å²) in [6, 6.07) is 1.97. The number of aromatic nitrogens is 2. The predicted molar refractivity (Wildman–Crippen MR) is 48.6 cm³/mol. The van der Waals surface area contributed by atoms with Gasteiger partial charge in [0.05, 0.1) is 6.20 Å². The summed E-state index contributed by atoms with van der Waals surface area (Å²) in [4.78, 5) is 0. The Morgan fingerprint density at radius 3 is 2.83 bits per heavy atom. The molecule has 66 valence electrons. The molecule has 0 radical (unpaired) electrons. The molecule has 0 amide bonds. The standard InChI is InChI=1S/C9H15N3/c1-8(2)5-10-6-9-3-4-11-12-7-9/h3-4,7-8,10H,5-6H2,1-2H3. The van der Waals surface area contributed by atoms with Gasteiger partial charge in [0.1, 0.15) is 0 Å². The van der Waals surface area contributed by atoms with Crippen LogP contribution in [0, 0.1) is 5.92 Å². The van der Waals surface area contributed by atoms with Gasteiger partial charge in [-0.05, 0) is 24.1 Å². The molecule has 1 rings (SSSR count). The molecule has 0 unspecified atom stereocenters. The van der Waals surface area contributed by atoms with Crippen molar-refractivity contribution in [2.24, 2.45) is 5.92 Å². The van der Waals surface area contributed by atoms with Crippen LogP contribution >= 0.6 is 0 Å². The molecule has 1 aromatic rings. The summed E-state index contributed by atoms with van der Waals surface area (Å²) in [6.45, 7) is 6.31. The largest absolute Gasteiger partial charge is 0.312 e. The van der Waals surface area contributed by atoms with Gasteiger partial charge in [0.2, 0.25) is 0 Å². The minimum absolute atomic E-state index is 0.694. The lowest BCUT2D eigenvalue weighted by Gasteiger charge is -2.05. The maximum absolute atomic E-state index is 3.79. The molecular weight excluding hydrogens is 150 g/mol. The van der Waals surface area contributed by atoms with Crippen molar-refractivity contribution in [1.82, 2.24) is 15.5 Å². The zero-order chi connectivity index (χ0) is 8.81. The topological polar surface area (TPSA) is 37.8 Å². The Morgan fingerprint density at radius 1 is 1.42 bits per heavy atom. The van der Waals surface area contributed by atoms with Crippen molar-refractivity contribution >= 4 is 0 Å². The van der Waals surface area contributed by atoms with Gasteiger partial charge in [0.15, 0.2) is 0 Å². The minimum Gasteiger partial charge on any atom is -0.312 e. The van der Waals surface area contributed by atoms with Crippen molar-refractivity contribution < 1.29 is 0 Å². The van der Waals surface area contributed by atoms with E-state index in [9.17, 15) is 0 Å². The van der Waals surface area contributed by atoms with Crippen LogP contribution in [0.1, 0.15) is 19.4 Å². The van der Waals surface area contributed by atoms with Gasteiger partial charge in [0.25, 0.3) is 0 Å². The first-order chi connectivity index (χ1) is 5.79. The molecule has 0 bridgehead atoms. The van der Waals surface area contributed by atoms with E-state index < -0.39 is 0 Å². The van der Waals surface area contributed by atoms with Gasteiger partial charge in [0, 0.05) is 12.7 Å². The van der Waals surface area contributed by atoms with E-state index in [4.69, 9.17) is 0 Å². The molecule has 0 aliphatic heterocycles. The predicted octanol–water partition coefficient (Wildman–Crippen LogP) is 1.22. The Labute approximate surface area is 73.2 Å². The highest BCUT2D eigenvalue weighted by atomic mass is 15.1. The summed E-state index contributed by atoms with van der Waals surface area (Å²) < 4.78 is 0. The van der Waals surface area contributed by atoms with Gasteiger partial charge in [-0.15, -0.1) is 0 Å². The van der Waals surface area contributed by atoms with E-state index in [-0.39, 0.29) is 0 Å². The SMILES string of the molecule is CC(C)CNCc1ccnnc1. The second-order valence-corrected chi connectivity index (χ2v) is 3.28. The Hall–Kier alpha value is -0.960. The monoisotopic (exact) mass is 165 g/mol. The Bertz CT molecular complexity index is 208. The Morgan fingerprint density at radius 2 is 2.25 bits per heavy atom. The summed E-state index contributed by atoms with van der Waals surface area (Å²) in [5, 5.41) is 10.8. The van der Waals surface area contributed by atoms with Crippen LogP contribution in [0.15, 0.2) is 18.5 Å². The van der Waals surface area contributed by atoms with Gasteiger partial charge in [-0.2, -0.15) is 10.2 Å². The fraction of sp³-hybridized carbons (Fsp3) is 0.556. The molecule has 0 aromatic carbocycles. The van der Waals surface area contributed by atoms with Crippen molar-refractivity contribution in [3.63, 3.8) is 0 Å². The highest BCUT2D eigenvalue weighted by Gasteiger charge is 1.93. The van der Waals surface area contributed by atoms with Crippen molar-refractivity contribution in [3.05, 3.63) is 24.0 Å². The highest BCUT2D eigenvalue weighted by molar-refractivity contribution is 5.04. The van der Waals surface area contributed by atoms with E-state index in [1.54, 1.807) is 12.4 Å². The molecular formula is C9H15N3. The molecule has 0 saturated carbocycles. The number of hydrogen-bond donors (Lipinski definition) is 1. The molecule has 12 heavy (non-hydrogen) atoms. The molecule has 1 N–H and O–H groups in total. The quantitative estimate of drug-likeness (QED) is 0.729. The summed E-state index contributed by atoms with van der Waals surface area (Å²) in [6.07, 6.45) is 3.50. The number of nitrogens with zero attached hydrogens (tertiary/aromatic N) is 2. The summed E-state index contributed by atoms with van der Waals surface area (Å²) in [5.41, 5.74) is 1.19. The Balaban J connectivity index is 2.25. The molecule has 0 aliphatic carbocycles. The van der Waals surface area contributed by atoms with E-state index in [2.05, 4.69) is 29.4 Å². The number of rotatable bonds is 4. The van der Waals surface area contributed by atoms with E-state index in [0.717, 1.165) is 13.1 Å². The lowest BCUT2D eigenvalue weighted by atomic mass is 10.2. The molecule has 3 nitrogen and oxygen atoms in total. The van der Waals surface area contributed by atoms with E-state index in [1.807, 2.05) is 6.07 Å². The van der Waals surface area contributed by atoms with Crippen LogP contribution in [0.2, 0.25) is 0 Å². The summed E-state index contributed by atoms with van der Waals surface area (Å²) in [7, 11) is 0. The average molecular weight is 165 g/mol. The first kappa shape index (κ1) is 9.13. The third kappa shape index (κ3) is 3.44. The van der Waals surface area contributed by atoms with Crippen molar-refractivity contribution in [2.45, 2.75) is 20.4 Å².